The van der Waals surface area contributed by atoms with E-state index in [0.717, 1.165) is 23.8 Å². The minimum atomic E-state index is -0.0666. The zero-order valence-corrected chi connectivity index (χ0v) is 15.3. The number of benzene rings is 1. The highest BCUT2D eigenvalue weighted by Crippen LogP contribution is 2.20. The Hall–Kier alpha value is -1.69. The van der Waals surface area contributed by atoms with Gasteiger partial charge in [0.2, 0.25) is 0 Å². The van der Waals surface area contributed by atoms with Crippen LogP contribution in [0.1, 0.15) is 10.5 Å². The SMILES string of the molecule is Cl.Cl.Nc1cccc(C(=O)N2CCN(c3ccc(Cl)cc3)CC2)n1. The zero-order chi connectivity index (χ0) is 15.5. The molecular weight excluding hydrogens is 371 g/mol. The summed E-state index contributed by atoms with van der Waals surface area (Å²) >= 11 is 5.91. The average molecular weight is 390 g/mol. The second kappa shape index (κ2) is 8.97. The van der Waals surface area contributed by atoms with Gasteiger partial charge in [0.25, 0.3) is 5.91 Å². The molecule has 8 heteroatoms. The van der Waals surface area contributed by atoms with Gasteiger partial charge >= 0.3 is 0 Å². The molecule has 0 spiro atoms. The molecular formula is C16H19Cl3N4O. The fourth-order valence-electron chi connectivity index (χ4n) is 2.55. The molecule has 1 aromatic heterocycles. The largest absolute Gasteiger partial charge is 0.384 e. The van der Waals surface area contributed by atoms with Crippen molar-refractivity contribution in [3.63, 3.8) is 0 Å². The number of hydrogen-bond acceptors (Lipinski definition) is 4. The number of amides is 1. The maximum Gasteiger partial charge on any atom is 0.272 e. The number of nitrogen functional groups attached to an aromatic ring is 1. The molecule has 1 saturated heterocycles. The van der Waals surface area contributed by atoms with E-state index < -0.39 is 0 Å². The van der Waals surface area contributed by atoms with E-state index in [1.165, 1.54) is 0 Å². The summed E-state index contributed by atoms with van der Waals surface area (Å²) in [7, 11) is 0. The lowest BCUT2D eigenvalue weighted by Crippen LogP contribution is -2.49. The highest BCUT2D eigenvalue weighted by atomic mass is 35.5. The molecule has 2 heterocycles. The second-order valence-corrected chi connectivity index (χ2v) is 5.64. The molecule has 0 bridgehead atoms. The minimum Gasteiger partial charge on any atom is -0.384 e. The minimum absolute atomic E-state index is 0. The van der Waals surface area contributed by atoms with Crippen molar-refractivity contribution in [1.29, 1.82) is 0 Å². The maximum absolute atomic E-state index is 12.4. The van der Waals surface area contributed by atoms with Gasteiger partial charge in [-0.2, -0.15) is 0 Å². The standard InChI is InChI=1S/C16H17ClN4O.2ClH/c17-12-4-6-13(7-5-12)20-8-10-21(11-9-20)16(22)14-2-1-3-15(18)19-14;;/h1-7H,8-11H2,(H2,18,19);2*1H. The van der Waals surface area contributed by atoms with Gasteiger partial charge in [0.05, 0.1) is 0 Å². The highest BCUT2D eigenvalue weighted by Gasteiger charge is 2.23. The zero-order valence-electron chi connectivity index (χ0n) is 12.9. The van der Waals surface area contributed by atoms with E-state index in [0.29, 0.717) is 24.6 Å². The third-order valence-corrected chi connectivity index (χ3v) is 4.00. The van der Waals surface area contributed by atoms with Gasteiger partial charge in [-0.1, -0.05) is 17.7 Å². The smallest absolute Gasteiger partial charge is 0.272 e. The molecule has 0 unspecified atom stereocenters. The average Bonchev–Trinajstić information content (AvgIpc) is 2.55. The van der Waals surface area contributed by atoms with E-state index in [9.17, 15) is 4.79 Å². The number of pyridine rings is 1. The van der Waals surface area contributed by atoms with Gasteiger partial charge in [0.15, 0.2) is 0 Å². The van der Waals surface area contributed by atoms with E-state index in [1.807, 2.05) is 29.2 Å². The summed E-state index contributed by atoms with van der Waals surface area (Å²) in [6, 6.07) is 12.9. The molecule has 0 saturated carbocycles. The predicted molar refractivity (Wildman–Crippen MR) is 103 cm³/mol. The monoisotopic (exact) mass is 388 g/mol. The Balaban J connectivity index is 0.00000144. The molecule has 1 amide bonds. The molecule has 1 aliphatic rings. The molecule has 5 nitrogen and oxygen atoms in total. The van der Waals surface area contributed by atoms with E-state index in [1.54, 1.807) is 18.2 Å². The van der Waals surface area contributed by atoms with Crippen LogP contribution in [0.25, 0.3) is 0 Å². The van der Waals surface area contributed by atoms with Crippen molar-refractivity contribution < 1.29 is 4.79 Å². The van der Waals surface area contributed by atoms with Crippen molar-refractivity contribution in [3.05, 3.63) is 53.2 Å². The number of carbonyl (C=O) groups excluding carboxylic acids is 1. The summed E-state index contributed by atoms with van der Waals surface area (Å²) < 4.78 is 0. The van der Waals surface area contributed by atoms with Gasteiger partial charge < -0.3 is 15.5 Å². The van der Waals surface area contributed by atoms with Crippen LogP contribution in [0.2, 0.25) is 5.02 Å². The number of piperazine rings is 1. The topological polar surface area (TPSA) is 62.5 Å². The van der Waals surface area contributed by atoms with Crippen LogP contribution in [0.5, 0.6) is 0 Å². The first-order chi connectivity index (χ1) is 10.6. The van der Waals surface area contributed by atoms with Gasteiger partial charge in [-0.3, -0.25) is 4.79 Å². The molecule has 130 valence electrons. The van der Waals surface area contributed by atoms with Crippen LogP contribution in [-0.2, 0) is 0 Å². The molecule has 2 aromatic rings. The summed E-state index contributed by atoms with van der Waals surface area (Å²) in [4.78, 5) is 20.6. The van der Waals surface area contributed by atoms with Crippen LogP contribution in [0.4, 0.5) is 11.5 Å². The number of anilines is 2. The third-order valence-electron chi connectivity index (χ3n) is 3.75. The van der Waals surface area contributed by atoms with Crippen LogP contribution in [0, 0.1) is 0 Å². The molecule has 1 fully saturated rings. The molecule has 0 radical (unpaired) electrons. The van der Waals surface area contributed by atoms with Crippen LogP contribution in [0.3, 0.4) is 0 Å². The van der Waals surface area contributed by atoms with Crippen molar-refractivity contribution in [3.8, 4) is 0 Å². The fraction of sp³-hybridized carbons (Fsp3) is 0.250. The molecule has 2 N–H and O–H groups in total. The maximum atomic E-state index is 12.4. The van der Waals surface area contributed by atoms with Crippen molar-refractivity contribution in [2.24, 2.45) is 0 Å². The number of rotatable bonds is 2. The molecule has 24 heavy (non-hydrogen) atoms. The van der Waals surface area contributed by atoms with Gasteiger partial charge in [0.1, 0.15) is 11.5 Å². The lowest BCUT2D eigenvalue weighted by Gasteiger charge is -2.36. The fourth-order valence-corrected chi connectivity index (χ4v) is 2.68. The van der Waals surface area contributed by atoms with Gasteiger partial charge in [-0.05, 0) is 36.4 Å². The van der Waals surface area contributed by atoms with Crippen LogP contribution in [0.15, 0.2) is 42.5 Å². The molecule has 0 aliphatic carbocycles. The van der Waals surface area contributed by atoms with Gasteiger partial charge in [0, 0.05) is 36.9 Å². The number of halogens is 3. The van der Waals surface area contributed by atoms with Crippen molar-refractivity contribution in [2.75, 3.05) is 36.8 Å². The molecule has 0 atom stereocenters. The Kier molecular flexibility index (Phi) is 7.60. The molecule has 3 rings (SSSR count). The Morgan fingerprint density at radius 2 is 1.62 bits per heavy atom. The first-order valence-corrected chi connectivity index (χ1v) is 7.53. The quantitative estimate of drug-likeness (QED) is 0.857. The summed E-state index contributed by atoms with van der Waals surface area (Å²) in [6.45, 7) is 2.90. The van der Waals surface area contributed by atoms with Crippen molar-refractivity contribution in [1.82, 2.24) is 9.88 Å². The summed E-state index contributed by atoms with van der Waals surface area (Å²) in [6.07, 6.45) is 0. The van der Waals surface area contributed by atoms with Crippen LogP contribution < -0.4 is 10.6 Å². The predicted octanol–water partition coefficient (Wildman–Crippen LogP) is 3.12. The molecule has 1 aliphatic heterocycles. The lowest BCUT2D eigenvalue weighted by molar-refractivity contribution is 0.0741. The number of nitrogens with two attached hydrogens (primary N) is 1. The van der Waals surface area contributed by atoms with E-state index >= 15 is 0 Å². The first kappa shape index (κ1) is 20.4. The van der Waals surface area contributed by atoms with Crippen molar-refractivity contribution >= 4 is 53.8 Å². The van der Waals surface area contributed by atoms with E-state index in [-0.39, 0.29) is 30.7 Å². The molecule has 1 aromatic carbocycles. The number of carbonyl (C=O) groups is 1. The number of hydrogen-bond donors (Lipinski definition) is 1. The normalized spacial score (nSPS) is 13.7. The number of aromatic nitrogens is 1. The summed E-state index contributed by atoms with van der Waals surface area (Å²) in [5.74, 6) is 0.300. The Labute approximate surface area is 158 Å². The Morgan fingerprint density at radius 3 is 2.21 bits per heavy atom. The highest BCUT2D eigenvalue weighted by molar-refractivity contribution is 6.30. The Morgan fingerprint density at radius 1 is 1.00 bits per heavy atom. The van der Waals surface area contributed by atoms with Crippen LogP contribution in [-0.4, -0.2) is 42.0 Å². The van der Waals surface area contributed by atoms with Gasteiger partial charge in [-0.15, -0.1) is 24.8 Å². The third kappa shape index (κ3) is 4.66. The lowest BCUT2D eigenvalue weighted by atomic mass is 10.2. The number of nitrogens with zero attached hydrogens (tertiary/aromatic N) is 3. The van der Waals surface area contributed by atoms with Crippen molar-refractivity contribution in [2.45, 2.75) is 0 Å². The van der Waals surface area contributed by atoms with Crippen LogP contribution >= 0.6 is 36.4 Å². The Bertz CT molecular complexity index is 673. The van der Waals surface area contributed by atoms with E-state index in [4.69, 9.17) is 17.3 Å². The van der Waals surface area contributed by atoms with Gasteiger partial charge in [-0.25, -0.2) is 4.98 Å². The summed E-state index contributed by atoms with van der Waals surface area (Å²) in [5.41, 5.74) is 7.16. The van der Waals surface area contributed by atoms with E-state index in [2.05, 4.69) is 9.88 Å². The second-order valence-electron chi connectivity index (χ2n) is 5.20. The summed E-state index contributed by atoms with van der Waals surface area (Å²) in [5, 5.41) is 0.727. The first-order valence-electron chi connectivity index (χ1n) is 7.16.